The first-order valence-corrected chi connectivity index (χ1v) is 6.12. The van der Waals surface area contributed by atoms with E-state index in [2.05, 4.69) is 24.9 Å². The highest BCUT2D eigenvalue weighted by Crippen LogP contribution is 2.11. The van der Waals surface area contributed by atoms with Crippen LogP contribution in [0.4, 0.5) is 0 Å². The third kappa shape index (κ3) is 4.97. The molecule has 0 aliphatic rings. The molecule has 3 heteroatoms. The minimum atomic E-state index is 0.560. The van der Waals surface area contributed by atoms with Crippen molar-refractivity contribution in [2.45, 2.75) is 13.3 Å². The zero-order valence-electron chi connectivity index (χ0n) is 10.1. The van der Waals surface area contributed by atoms with Crippen molar-refractivity contribution in [3.05, 3.63) is 34.9 Å². The maximum atomic E-state index is 5.94. The molecule has 2 nitrogen and oxygen atoms in total. The number of hydrogen-bond acceptors (Lipinski definition) is 2. The minimum absolute atomic E-state index is 0.560. The third-order valence-electron chi connectivity index (χ3n) is 2.70. The van der Waals surface area contributed by atoms with E-state index in [9.17, 15) is 0 Å². The van der Waals surface area contributed by atoms with E-state index in [1.807, 2.05) is 18.2 Å². The second-order valence-electron chi connectivity index (χ2n) is 4.48. The molecule has 0 aliphatic carbocycles. The predicted octanol–water partition coefficient (Wildman–Crippen LogP) is 2.41. The second-order valence-corrected chi connectivity index (χ2v) is 4.92. The Kier molecular flexibility index (Phi) is 5.81. The molecule has 90 valence electrons. The number of benzene rings is 1. The van der Waals surface area contributed by atoms with E-state index in [1.165, 1.54) is 5.56 Å². The van der Waals surface area contributed by atoms with Crippen molar-refractivity contribution in [3.8, 4) is 0 Å². The van der Waals surface area contributed by atoms with Crippen molar-refractivity contribution < 1.29 is 0 Å². The molecule has 1 aromatic carbocycles. The summed E-state index contributed by atoms with van der Waals surface area (Å²) in [7, 11) is 2.14. The van der Waals surface area contributed by atoms with Gasteiger partial charge in [0.2, 0.25) is 0 Å². The van der Waals surface area contributed by atoms with E-state index >= 15 is 0 Å². The molecule has 1 atom stereocenters. The Balaban J connectivity index is 2.34. The molecule has 0 aromatic heterocycles. The Morgan fingerprint density at radius 1 is 1.44 bits per heavy atom. The maximum Gasteiger partial charge on any atom is 0.0408 e. The molecule has 0 fully saturated rings. The van der Waals surface area contributed by atoms with Gasteiger partial charge in [0, 0.05) is 18.1 Å². The van der Waals surface area contributed by atoms with Crippen LogP contribution in [0.1, 0.15) is 12.5 Å². The Hall–Kier alpha value is -0.570. The first-order valence-electron chi connectivity index (χ1n) is 5.75. The lowest BCUT2D eigenvalue weighted by Crippen LogP contribution is -2.29. The molecule has 0 bridgehead atoms. The van der Waals surface area contributed by atoms with Gasteiger partial charge in [0.25, 0.3) is 0 Å². The summed E-state index contributed by atoms with van der Waals surface area (Å²) in [5, 5.41) is 0.815. The van der Waals surface area contributed by atoms with Crippen LogP contribution >= 0.6 is 11.6 Å². The van der Waals surface area contributed by atoms with Crippen molar-refractivity contribution in [1.29, 1.82) is 0 Å². The first-order chi connectivity index (χ1) is 7.61. The molecule has 0 heterocycles. The highest BCUT2D eigenvalue weighted by Gasteiger charge is 2.04. The fourth-order valence-corrected chi connectivity index (χ4v) is 1.92. The monoisotopic (exact) mass is 240 g/mol. The van der Waals surface area contributed by atoms with Crippen LogP contribution in [0.3, 0.4) is 0 Å². The molecule has 2 N–H and O–H groups in total. The molecular formula is C13H21ClN2. The normalized spacial score (nSPS) is 13.1. The fourth-order valence-electron chi connectivity index (χ4n) is 1.71. The van der Waals surface area contributed by atoms with Gasteiger partial charge in [0.15, 0.2) is 0 Å². The summed E-state index contributed by atoms with van der Waals surface area (Å²) in [4.78, 5) is 2.32. The van der Waals surface area contributed by atoms with Crippen molar-refractivity contribution >= 4 is 11.6 Å². The smallest absolute Gasteiger partial charge is 0.0408 e. The Morgan fingerprint density at radius 2 is 2.19 bits per heavy atom. The van der Waals surface area contributed by atoms with Gasteiger partial charge in [-0.15, -0.1) is 0 Å². The molecule has 0 saturated carbocycles. The number of hydrogen-bond donors (Lipinski definition) is 1. The number of rotatable bonds is 6. The molecule has 1 unspecified atom stereocenters. The van der Waals surface area contributed by atoms with Crippen LogP contribution in [-0.2, 0) is 6.42 Å². The van der Waals surface area contributed by atoms with Gasteiger partial charge in [-0.1, -0.05) is 30.7 Å². The summed E-state index contributed by atoms with van der Waals surface area (Å²) < 4.78 is 0. The highest BCUT2D eigenvalue weighted by atomic mass is 35.5. The van der Waals surface area contributed by atoms with Crippen LogP contribution in [0.25, 0.3) is 0 Å². The lowest BCUT2D eigenvalue weighted by Gasteiger charge is -2.20. The number of halogens is 1. The van der Waals surface area contributed by atoms with Gasteiger partial charge in [-0.3, -0.25) is 0 Å². The summed E-state index contributed by atoms with van der Waals surface area (Å²) in [6, 6.07) is 8.05. The van der Waals surface area contributed by atoms with Gasteiger partial charge in [-0.05, 0) is 43.6 Å². The standard InChI is InChI=1S/C13H21ClN2/c1-11(9-15)10-16(2)7-6-12-4-3-5-13(14)8-12/h3-5,8,11H,6-7,9-10,15H2,1-2H3. The molecule has 0 amide bonds. The maximum absolute atomic E-state index is 5.94. The van der Waals surface area contributed by atoms with Crippen molar-refractivity contribution in [3.63, 3.8) is 0 Å². The number of nitrogens with two attached hydrogens (primary N) is 1. The third-order valence-corrected chi connectivity index (χ3v) is 2.93. The molecular weight excluding hydrogens is 220 g/mol. The van der Waals surface area contributed by atoms with Crippen molar-refractivity contribution in [1.82, 2.24) is 4.90 Å². The lowest BCUT2D eigenvalue weighted by atomic mass is 10.1. The summed E-state index contributed by atoms with van der Waals surface area (Å²) in [5.74, 6) is 0.560. The van der Waals surface area contributed by atoms with Crippen molar-refractivity contribution in [2.24, 2.45) is 11.7 Å². The molecule has 0 radical (unpaired) electrons. The highest BCUT2D eigenvalue weighted by molar-refractivity contribution is 6.30. The SMILES string of the molecule is CC(CN)CN(C)CCc1cccc(Cl)c1. The van der Waals surface area contributed by atoms with Gasteiger partial charge >= 0.3 is 0 Å². The van der Waals surface area contributed by atoms with Crippen LogP contribution in [-0.4, -0.2) is 31.6 Å². The second kappa shape index (κ2) is 6.89. The van der Waals surface area contributed by atoms with Gasteiger partial charge in [-0.25, -0.2) is 0 Å². The van der Waals surface area contributed by atoms with Crippen LogP contribution < -0.4 is 5.73 Å². The summed E-state index contributed by atoms with van der Waals surface area (Å²) in [6.45, 7) is 5.03. The number of nitrogens with zero attached hydrogens (tertiary/aromatic N) is 1. The quantitative estimate of drug-likeness (QED) is 0.828. The van der Waals surface area contributed by atoms with E-state index in [0.717, 1.165) is 31.1 Å². The predicted molar refractivity (Wildman–Crippen MR) is 70.9 cm³/mol. The van der Waals surface area contributed by atoms with E-state index in [0.29, 0.717) is 5.92 Å². The molecule has 16 heavy (non-hydrogen) atoms. The summed E-state index contributed by atoms with van der Waals surface area (Å²) in [6.07, 6.45) is 1.04. The fraction of sp³-hybridized carbons (Fsp3) is 0.538. The first kappa shape index (κ1) is 13.5. The van der Waals surface area contributed by atoms with Gasteiger partial charge in [0.05, 0.1) is 0 Å². The Morgan fingerprint density at radius 3 is 2.81 bits per heavy atom. The minimum Gasteiger partial charge on any atom is -0.330 e. The molecule has 0 spiro atoms. The molecule has 1 rings (SSSR count). The molecule has 0 aliphatic heterocycles. The van der Waals surface area contributed by atoms with Gasteiger partial charge in [0.1, 0.15) is 0 Å². The van der Waals surface area contributed by atoms with Crippen molar-refractivity contribution in [2.75, 3.05) is 26.7 Å². The molecule has 0 saturated heterocycles. The van der Waals surface area contributed by atoms with Crippen LogP contribution in [0.5, 0.6) is 0 Å². The average molecular weight is 241 g/mol. The average Bonchev–Trinajstić information content (AvgIpc) is 2.26. The zero-order chi connectivity index (χ0) is 12.0. The lowest BCUT2D eigenvalue weighted by molar-refractivity contribution is 0.292. The van der Waals surface area contributed by atoms with Crippen LogP contribution in [0, 0.1) is 5.92 Å². The van der Waals surface area contributed by atoms with E-state index in [1.54, 1.807) is 0 Å². The Labute approximate surface area is 103 Å². The van der Waals surface area contributed by atoms with Crippen LogP contribution in [0.15, 0.2) is 24.3 Å². The summed E-state index contributed by atoms with van der Waals surface area (Å²) >= 11 is 5.94. The number of likely N-dealkylation sites (N-methyl/N-ethyl adjacent to an activating group) is 1. The largest absolute Gasteiger partial charge is 0.330 e. The van der Waals surface area contributed by atoms with Gasteiger partial charge < -0.3 is 10.6 Å². The Bertz CT molecular complexity index is 315. The molecule has 1 aromatic rings. The van der Waals surface area contributed by atoms with E-state index in [4.69, 9.17) is 17.3 Å². The van der Waals surface area contributed by atoms with Crippen LogP contribution in [0.2, 0.25) is 5.02 Å². The zero-order valence-corrected chi connectivity index (χ0v) is 10.9. The van der Waals surface area contributed by atoms with E-state index < -0.39 is 0 Å². The van der Waals surface area contributed by atoms with Gasteiger partial charge in [-0.2, -0.15) is 0 Å². The van der Waals surface area contributed by atoms with E-state index in [-0.39, 0.29) is 0 Å². The summed E-state index contributed by atoms with van der Waals surface area (Å²) in [5.41, 5.74) is 6.89. The topological polar surface area (TPSA) is 29.3 Å².